The molecule has 0 saturated carbocycles. The summed E-state index contributed by atoms with van der Waals surface area (Å²) in [4.78, 5) is 12.7. The number of nitrogens with two attached hydrogens (primary N) is 1. The third-order valence-electron chi connectivity index (χ3n) is 3.30. The lowest BCUT2D eigenvalue weighted by Gasteiger charge is -2.31. The van der Waals surface area contributed by atoms with Gasteiger partial charge < -0.3 is 10.6 Å². The van der Waals surface area contributed by atoms with Gasteiger partial charge in [-0.05, 0) is 24.4 Å². The maximum atomic E-state index is 12.5. The Balaban J connectivity index is 2.45. The molecule has 0 radical (unpaired) electrons. The van der Waals surface area contributed by atoms with Gasteiger partial charge in [-0.2, -0.15) is 4.31 Å². The SMILES string of the molecule is CN1CCN(S(=O)(=O)c2ccc(Cl)c(N)c2N=O)CC1. The minimum absolute atomic E-state index is 0.108. The first-order valence-electron chi connectivity index (χ1n) is 5.98. The van der Waals surface area contributed by atoms with Crippen molar-refractivity contribution in [3.8, 4) is 0 Å². The molecule has 0 spiro atoms. The molecule has 7 nitrogen and oxygen atoms in total. The van der Waals surface area contributed by atoms with E-state index in [0.29, 0.717) is 26.2 Å². The number of piperazine rings is 1. The first kappa shape index (κ1) is 15.2. The second-order valence-corrected chi connectivity index (χ2v) is 6.92. The summed E-state index contributed by atoms with van der Waals surface area (Å²) in [7, 11) is -1.87. The van der Waals surface area contributed by atoms with E-state index >= 15 is 0 Å². The summed E-state index contributed by atoms with van der Waals surface area (Å²) < 4.78 is 26.4. The molecule has 1 aromatic rings. The number of hydrogen-bond donors (Lipinski definition) is 1. The summed E-state index contributed by atoms with van der Waals surface area (Å²) in [5.74, 6) is 0. The monoisotopic (exact) mass is 318 g/mol. The number of anilines is 1. The Hall–Kier alpha value is -1.22. The van der Waals surface area contributed by atoms with Crippen molar-refractivity contribution in [1.29, 1.82) is 0 Å². The molecule has 0 atom stereocenters. The maximum absolute atomic E-state index is 12.5. The van der Waals surface area contributed by atoms with Gasteiger partial charge in [0.15, 0.2) is 5.69 Å². The van der Waals surface area contributed by atoms with Crippen LogP contribution in [0.2, 0.25) is 5.02 Å². The quantitative estimate of drug-likeness (QED) is 0.668. The van der Waals surface area contributed by atoms with Crippen molar-refractivity contribution in [2.45, 2.75) is 4.90 Å². The van der Waals surface area contributed by atoms with Crippen LogP contribution >= 0.6 is 11.6 Å². The summed E-state index contributed by atoms with van der Waals surface area (Å²) in [6, 6.07) is 2.62. The first-order chi connectivity index (χ1) is 9.37. The lowest BCUT2D eigenvalue weighted by atomic mass is 10.3. The molecular formula is C11H15ClN4O3S. The van der Waals surface area contributed by atoms with E-state index in [2.05, 4.69) is 5.18 Å². The van der Waals surface area contributed by atoms with Gasteiger partial charge in [-0.3, -0.25) is 0 Å². The smallest absolute Gasteiger partial charge is 0.245 e. The van der Waals surface area contributed by atoms with E-state index in [1.165, 1.54) is 16.4 Å². The molecule has 0 unspecified atom stereocenters. The highest BCUT2D eigenvalue weighted by molar-refractivity contribution is 7.89. The van der Waals surface area contributed by atoms with Crippen LogP contribution in [0.25, 0.3) is 0 Å². The summed E-state index contributed by atoms with van der Waals surface area (Å²) >= 11 is 5.78. The van der Waals surface area contributed by atoms with Crippen molar-refractivity contribution in [1.82, 2.24) is 9.21 Å². The van der Waals surface area contributed by atoms with Crippen LogP contribution in [0.4, 0.5) is 11.4 Å². The second-order valence-electron chi connectivity index (χ2n) is 4.61. The molecule has 1 aromatic carbocycles. The van der Waals surface area contributed by atoms with Gasteiger partial charge >= 0.3 is 0 Å². The number of nitrogen functional groups attached to an aromatic ring is 1. The van der Waals surface area contributed by atoms with Crippen molar-refractivity contribution in [2.75, 3.05) is 39.0 Å². The topological polar surface area (TPSA) is 96.1 Å². The molecule has 1 heterocycles. The van der Waals surface area contributed by atoms with Crippen LogP contribution in [-0.4, -0.2) is 50.8 Å². The molecule has 0 aliphatic carbocycles. The van der Waals surface area contributed by atoms with Crippen molar-refractivity contribution in [2.24, 2.45) is 5.18 Å². The van der Waals surface area contributed by atoms with Gasteiger partial charge in [0, 0.05) is 26.2 Å². The Bertz CT molecular complexity index is 627. The third kappa shape index (κ3) is 2.64. The molecule has 0 amide bonds. The summed E-state index contributed by atoms with van der Waals surface area (Å²) in [6.07, 6.45) is 0. The summed E-state index contributed by atoms with van der Waals surface area (Å²) in [5.41, 5.74) is 5.19. The van der Waals surface area contributed by atoms with Crippen molar-refractivity contribution in [3.05, 3.63) is 22.1 Å². The third-order valence-corrected chi connectivity index (χ3v) is 5.56. The van der Waals surface area contributed by atoms with Crippen molar-refractivity contribution in [3.63, 3.8) is 0 Å². The van der Waals surface area contributed by atoms with Gasteiger partial charge in [0.05, 0.1) is 10.7 Å². The molecule has 2 N–H and O–H groups in total. The van der Waals surface area contributed by atoms with E-state index in [1.54, 1.807) is 0 Å². The molecule has 110 valence electrons. The average molecular weight is 319 g/mol. The molecule has 1 aliphatic heterocycles. The number of rotatable bonds is 3. The molecule has 1 fully saturated rings. The van der Waals surface area contributed by atoms with Crippen LogP contribution in [-0.2, 0) is 10.0 Å². The number of nitroso groups, excluding NO2 is 1. The molecule has 1 saturated heterocycles. The molecular weight excluding hydrogens is 304 g/mol. The van der Waals surface area contributed by atoms with E-state index in [9.17, 15) is 13.3 Å². The Morgan fingerprint density at radius 1 is 1.25 bits per heavy atom. The predicted octanol–water partition coefficient (Wildman–Crippen LogP) is 1.26. The lowest BCUT2D eigenvalue weighted by Crippen LogP contribution is -2.47. The fraction of sp³-hybridized carbons (Fsp3) is 0.455. The van der Waals surface area contributed by atoms with Gasteiger partial charge in [-0.1, -0.05) is 11.6 Å². The largest absolute Gasteiger partial charge is 0.396 e. The zero-order chi connectivity index (χ0) is 14.9. The number of benzene rings is 1. The molecule has 9 heteroatoms. The highest BCUT2D eigenvalue weighted by Crippen LogP contribution is 2.37. The summed E-state index contributed by atoms with van der Waals surface area (Å²) in [5, 5.41) is 2.84. The molecule has 0 aromatic heterocycles. The molecule has 2 rings (SSSR count). The van der Waals surface area contributed by atoms with E-state index in [4.69, 9.17) is 17.3 Å². The number of likely N-dealkylation sites (N-methyl/N-ethyl adjacent to an activating group) is 1. The van der Waals surface area contributed by atoms with Crippen LogP contribution in [0.3, 0.4) is 0 Å². The standard InChI is InChI=1S/C11H15ClN4O3S/c1-15-4-6-16(7-5-15)20(18,19)9-3-2-8(12)10(13)11(9)14-17/h2-3H,4-7,13H2,1H3. The van der Waals surface area contributed by atoms with E-state index in [-0.39, 0.29) is 21.3 Å². The van der Waals surface area contributed by atoms with Crippen molar-refractivity contribution >= 4 is 33.0 Å². The van der Waals surface area contributed by atoms with Crippen LogP contribution in [0.5, 0.6) is 0 Å². The van der Waals surface area contributed by atoms with E-state index in [1.807, 2.05) is 11.9 Å². The van der Waals surface area contributed by atoms with Gasteiger partial charge in [-0.15, -0.1) is 4.91 Å². The summed E-state index contributed by atoms with van der Waals surface area (Å²) in [6.45, 7) is 1.98. The van der Waals surface area contributed by atoms with Gasteiger partial charge in [0.25, 0.3) is 0 Å². The average Bonchev–Trinajstić information content (AvgIpc) is 2.42. The zero-order valence-electron chi connectivity index (χ0n) is 10.9. The number of nitrogens with zero attached hydrogens (tertiary/aromatic N) is 3. The normalized spacial score (nSPS) is 18.1. The van der Waals surface area contributed by atoms with Gasteiger partial charge in [0.1, 0.15) is 4.90 Å². The minimum Gasteiger partial charge on any atom is -0.396 e. The van der Waals surface area contributed by atoms with E-state index in [0.717, 1.165) is 0 Å². The predicted molar refractivity (Wildman–Crippen MR) is 77.6 cm³/mol. The van der Waals surface area contributed by atoms with Gasteiger partial charge in [0.2, 0.25) is 10.0 Å². The van der Waals surface area contributed by atoms with Crippen molar-refractivity contribution < 1.29 is 8.42 Å². The Morgan fingerprint density at radius 2 is 1.85 bits per heavy atom. The van der Waals surface area contributed by atoms with Crippen LogP contribution in [0.1, 0.15) is 0 Å². The first-order valence-corrected chi connectivity index (χ1v) is 7.79. The van der Waals surface area contributed by atoms with Crippen LogP contribution < -0.4 is 5.73 Å². The Kier molecular flexibility index (Phi) is 4.28. The fourth-order valence-corrected chi connectivity index (χ4v) is 3.74. The maximum Gasteiger partial charge on any atom is 0.245 e. The highest BCUT2D eigenvalue weighted by Gasteiger charge is 2.31. The minimum atomic E-state index is -3.79. The number of halogens is 1. The zero-order valence-corrected chi connectivity index (χ0v) is 12.5. The Morgan fingerprint density at radius 3 is 2.40 bits per heavy atom. The lowest BCUT2D eigenvalue weighted by molar-refractivity contribution is 0.222. The second kappa shape index (κ2) is 5.65. The molecule has 1 aliphatic rings. The van der Waals surface area contributed by atoms with E-state index < -0.39 is 10.0 Å². The molecule has 0 bridgehead atoms. The Labute approximate surface area is 122 Å². The highest BCUT2D eigenvalue weighted by atomic mass is 35.5. The van der Waals surface area contributed by atoms with Crippen LogP contribution in [0.15, 0.2) is 22.2 Å². The van der Waals surface area contributed by atoms with Crippen LogP contribution in [0, 0.1) is 4.91 Å². The van der Waals surface area contributed by atoms with Gasteiger partial charge in [-0.25, -0.2) is 8.42 Å². The molecule has 20 heavy (non-hydrogen) atoms. The number of hydrogen-bond acceptors (Lipinski definition) is 6. The fourth-order valence-electron chi connectivity index (χ4n) is 2.03. The number of sulfonamides is 1.